The molecule has 2 fully saturated rings. The van der Waals surface area contributed by atoms with Gasteiger partial charge in [0, 0.05) is 47.7 Å². The third kappa shape index (κ3) is 2.65. The zero-order chi connectivity index (χ0) is 16.5. The van der Waals surface area contributed by atoms with E-state index in [2.05, 4.69) is 15.2 Å². The zero-order valence-electron chi connectivity index (χ0n) is 13.5. The van der Waals surface area contributed by atoms with Crippen molar-refractivity contribution in [1.29, 1.82) is 0 Å². The number of aromatic amines is 1. The number of aromatic nitrogens is 1. The van der Waals surface area contributed by atoms with E-state index in [1.165, 1.54) is 0 Å². The number of nitrogens with one attached hydrogen (secondary N) is 2. The molecule has 124 valence electrons. The topological polar surface area (TPSA) is 65.2 Å². The van der Waals surface area contributed by atoms with E-state index in [1.807, 2.05) is 0 Å². The highest BCUT2D eigenvalue weighted by Gasteiger charge is 2.38. The number of carbonyl (C=O) groups is 2. The summed E-state index contributed by atoms with van der Waals surface area (Å²) in [7, 11) is 0. The van der Waals surface area contributed by atoms with E-state index in [4.69, 9.17) is 0 Å². The second-order valence-corrected chi connectivity index (χ2v) is 6.60. The number of carbonyl (C=O) groups excluding carboxylic acids is 2. The van der Waals surface area contributed by atoms with Crippen molar-refractivity contribution in [3.05, 3.63) is 59.4 Å². The minimum Gasteiger partial charge on any atom is -0.367 e. The number of rotatable bonds is 3. The molecule has 2 N–H and O–H groups in total. The van der Waals surface area contributed by atoms with Crippen LogP contribution in [0.1, 0.15) is 45.5 Å². The quantitative estimate of drug-likeness (QED) is 0.851. The molecule has 2 aromatic rings. The van der Waals surface area contributed by atoms with Crippen LogP contribution in [0.25, 0.3) is 0 Å². The summed E-state index contributed by atoms with van der Waals surface area (Å²) in [6.45, 7) is 1.86. The number of benzene rings is 1. The van der Waals surface area contributed by atoms with Gasteiger partial charge in [0.05, 0.1) is 0 Å². The fraction of sp³-hybridized carbons (Fsp3) is 0.368. The Hall–Kier alpha value is -2.40. The molecule has 0 spiro atoms. The Labute approximate surface area is 141 Å². The Morgan fingerprint density at radius 3 is 2.42 bits per heavy atom. The Morgan fingerprint density at radius 2 is 1.67 bits per heavy atom. The van der Waals surface area contributed by atoms with Gasteiger partial charge < -0.3 is 15.2 Å². The smallest absolute Gasteiger partial charge is 0.254 e. The highest BCUT2D eigenvalue weighted by atomic mass is 16.2. The highest BCUT2D eigenvalue weighted by molar-refractivity contribution is 6.09. The molecule has 2 aliphatic heterocycles. The fourth-order valence-electron chi connectivity index (χ4n) is 3.86. The van der Waals surface area contributed by atoms with Gasteiger partial charge in [-0.1, -0.05) is 12.1 Å². The maximum atomic E-state index is 12.9. The van der Waals surface area contributed by atoms with Gasteiger partial charge in [-0.2, -0.15) is 0 Å². The van der Waals surface area contributed by atoms with Gasteiger partial charge in [-0.25, -0.2) is 0 Å². The summed E-state index contributed by atoms with van der Waals surface area (Å²) < 4.78 is 0. The number of hydrogen-bond donors (Lipinski definition) is 2. The first-order valence-electron chi connectivity index (χ1n) is 8.55. The Kier molecular flexibility index (Phi) is 3.94. The molecule has 0 radical (unpaired) electrons. The lowest BCUT2D eigenvalue weighted by Gasteiger charge is -2.28. The second-order valence-electron chi connectivity index (χ2n) is 6.60. The van der Waals surface area contributed by atoms with E-state index in [9.17, 15) is 9.59 Å². The molecule has 24 heavy (non-hydrogen) atoms. The lowest BCUT2D eigenvalue weighted by atomic mass is 10.0. The SMILES string of the molecule is O=C(c1ccc(C(=O)N2C3CCNCC2CC3)cc1)c1cc[nH]c1. The van der Waals surface area contributed by atoms with Crippen molar-refractivity contribution in [2.45, 2.75) is 31.3 Å². The second kappa shape index (κ2) is 6.24. The first kappa shape index (κ1) is 15.1. The van der Waals surface area contributed by atoms with Crippen LogP contribution in [0.2, 0.25) is 0 Å². The van der Waals surface area contributed by atoms with Gasteiger partial charge in [0.15, 0.2) is 5.78 Å². The van der Waals surface area contributed by atoms with Crippen LogP contribution < -0.4 is 5.32 Å². The molecule has 5 nitrogen and oxygen atoms in total. The van der Waals surface area contributed by atoms with Crippen LogP contribution >= 0.6 is 0 Å². The van der Waals surface area contributed by atoms with Gasteiger partial charge in [-0.3, -0.25) is 9.59 Å². The van der Waals surface area contributed by atoms with Gasteiger partial charge >= 0.3 is 0 Å². The largest absolute Gasteiger partial charge is 0.367 e. The standard InChI is InChI=1S/C19H21N3O2/c23-18(15-7-9-20-11-15)13-1-3-14(4-2-13)19(24)22-16-5-6-17(22)12-21-10-8-16/h1-4,7,9,11,16-17,20-21H,5-6,8,10,12H2. The molecule has 2 aliphatic rings. The number of nitrogens with zero attached hydrogens (tertiary/aromatic N) is 1. The van der Waals surface area contributed by atoms with E-state index in [-0.39, 0.29) is 11.7 Å². The molecule has 1 aromatic heterocycles. The van der Waals surface area contributed by atoms with E-state index in [0.717, 1.165) is 32.4 Å². The number of hydrogen-bond acceptors (Lipinski definition) is 3. The molecule has 2 saturated heterocycles. The molecule has 2 atom stereocenters. The first-order valence-corrected chi connectivity index (χ1v) is 8.55. The van der Waals surface area contributed by atoms with Crippen LogP contribution in [0.5, 0.6) is 0 Å². The normalized spacial score (nSPS) is 23.1. The lowest BCUT2D eigenvalue weighted by molar-refractivity contribution is 0.0680. The number of H-pyrrole nitrogens is 1. The Morgan fingerprint density at radius 1 is 0.917 bits per heavy atom. The molecule has 0 saturated carbocycles. The minimum absolute atomic E-state index is 0.0331. The van der Waals surface area contributed by atoms with Crippen molar-refractivity contribution >= 4 is 11.7 Å². The van der Waals surface area contributed by atoms with Crippen molar-refractivity contribution in [2.75, 3.05) is 13.1 Å². The minimum atomic E-state index is -0.0331. The van der Waals surface area contributed by atoms with Gasteiger partial charge in [0.1, 0.15) is 0 Å². The summed E-state index contributed by atoms with van der Waals surface area (Å²) in [6, 6.07) is 9.45. The third-order valence-corrected chi connectivity index (χ3v) is 5.14. The van der Waals surface area contributed by atoms with Crippen LogP contribution in [-0.4, -0.2) is 46.7 Å². The maximum Gasteiger partial charge on any atom is 0.254 e. The van der Waals surface area contributed by atoms with Crippen molar-refractivity contribution in [2.24, 2.45) is 0 Å². The van der Waals surface area contributed by atoms with Crippen LogP contribution in [0.4, 0.5) is 0 Å². The molecule has 5 heteroatoms. The molecule has 4 rings (SSSR count). The van der Waals surface area contributed by atoms with E-state index in [1.54, 1.807) is 42.7 Å². The fourth-order valence-corrected chi connectivity index (χ4v) is 3.86. The monoisotopic (exact) mass is 323 g/mol. The molecule has 2 bridgehead atoms. The van der Waals surface area contributed by atoms with Gasteiger partial charge in [0.25, 0.3) is 5.91 Å². The molecule has 2 unspecified atom stereocenters. The summed E-state index contributed by atoms with van der Waals surface area (Å²) in [5, 5.41) is 3.41. The van der Waals surface area contributed by atoms with Crippen LogP contribution in [0, 0.1) is 0 Å². The average molecular weight is 323 g/mol. The number of fused-ring (bicyclic) bond motifs is 2. The molecular formula is C19H21N3O2. The van der Waals surface area contributed by atoms with Crippen molar-refractivity contribution in [3.63, 3.8) is 0 Å². The van der Waals surface area contributed by atoms with Crippen molar-refractivity contribution < 1.29 is 9.59 Å². The van der Waals surface area contributed by atoms with Crippen molar-refractivity contribution in [3.8, 4) is 0 Å². The molecular weight excluding hydrogens is 302 g/mol. The van der Waals surface area contributed by atoms with Gasteiger partial charge in [-0.15, -0.1) is 0 Å². The van der Waals surface area contributed by atoms with Crippen LogP contribution in [-0.2, 0) is 0 Å². The predicted octanol–water partition coefficient (Wildman–Crippen LogP) is 2.21. The predicted molar refractivity (Wildman–Crippen MR) is 91.1 cm³/mol. The van der Waals surface area contributed by atoms with Gasteiger partial charge in [0.2, 0.25) is 0 Å². The molecule has 1 amide bonds. The van der Waals surface area contributed by atoms with E-state index in [0.29, 0.717) is 28.8 Å². The van der Waals surface area contributed by atoms with Gasteiger partial charge in [-0.05, 0) is 44.0 Å². The number of ketones is 1. The van der Waals surface area contributed by atoms with E-state index < -0.39 is 0 Å². The summed E-state index contributed by atoms with van der Waals surface area (Å²) in [4.78, 5) is 30.2. The third-order valence-electron chi connectivity index (χ3n) is 5.14. The van der Waals surface area contributed by atoms with Crippen LogP contribution in [0.3, 0.4) is 0 Å². The summed E-state index contributed by atoms with van der Waals surface area (Å²) in [5.41, 5.74) is 1.90. The maximum absolute atomic E-state index is 12.9. The Bertz CT molecular complexity index is 722. The summed E-state index contributed by atoms with van der Waals surface area (Å²) >= 11 is 0. The number of amides is 1. The first-order chi connectivity index (χ1) is 11.7. The Balaban J connectivity index is 1.54. The van der Waals surface area contributed by atoms with Crippen LogP contribution in [0.15, 0.2) is 42.7 Å². The summed E-state index contributed by atoms with van der Waals surface area (Å²) in [6.07, 6.45) is 6.61. The highest BCUT2D eigenvalue weighted by Crippen LogP contribution is 2.29. The lowest BCUT2D eigenvalue weighted by Crippen LogP contribution is -2.42. The van der Waals surface area contributed by atoms with Crippen molar-refractivity contribution in [1.82, 2.24) is 15.2 Å². The molecule has 0 aliphatic carbocycles. The average Bonchev–Trinajstić information content (AvgIpc) is 3.21. The zero-order valence-corrected chi connectivity index (χ0v) is 13.5. The molecule has 3 heterocycles. The summed E-state index contributed by atoms with van der Waals surface area (Å²) in [5.74, 6) is 0.0566. The van der Waals surface area contributed by atoms with E-state index >= 15 is 0 Å². The molecule has 1 aromatic carbocycles.